The fraction of sp³-hybridized carbons (Fsp3) is 0.667. The van der Waals surface area contributed by atoms with Gasteiger partial charge in [-0.2, -0.15) is 5.10 Å². The number of aryl methyl sites for hydroxylation is 2. The molecule has 1 unspecified atom stereocenters. The molecule has 3 heteroatoms. The normalized spacial score (nSPS) is 13.3. The molecule has 1 heterocycles. The Bertz CT molecular complexity index is 255. The lowest BCUT2D eigenvalue weighted by molar-refractivity contribution is 0.272. The first kappa shape index (κ1) is 9.26. The van der Waals surface area contributed by atoms with E-state index in [0.29, 0.717) is 0 Å². The molecule has 1 aromatic heterocycles. The van der Waals surface area contributed by atoms with Crippen molar-refractivity contribution in [3.05, 3.63) is 17.5 Å². The Balaban J connectivity index is 2.96. The molecule has 12 heavy (non-hydrogen) atoms. The molecule has 0 spiro atoms. The number of hydrogen-bond acceptors (Lipinski definition) is 2. The first-order chi connectivity index (χ1) is 5.69. The van der Waals surface area contributed by atoms with E-state index in [2.05, 4.69) is 12.0 Å². The Labute approximate surface area is 73.0 Å². The van der Waals surface area contributed by atoms with Gasteiger partial charge in [0.1, 0.15) is 0 Å². The smallest absolute Gasteiger partial charge is 0.0657 e. The largest absolute Gasteiger partial charge is 0.396 e. The fourth-order valence-corrected chi connectivity index (χ4v) is 1.34. The highest BCUT2D eigenvalue weighted by atomic mass is 16.3. The van der Waals surface area contributed by atoms with Crippen molar-refractivity contribution in [2.45, 2.75) is 26.2 Å². The second kappa shape index (κ2) is 3.72. The van der Waals surface area contributed by atoms with Crippen molar-refractivity contribution in [2.75, 3.05) is 6.61 Å². The maximum Gasteiger partial charge on any atom is 0.0657 e. The highest BCUT2D eigenvalue weighted by molar-refractivity contribution is 5.21. The molecule has 0 bridgehead atoms. The van der Waals surface area contributed by atoms with Crippen molar-refractivity contribution in [3.63, 3.8) is 0 Å². The van der Waals surface area contributed by atoms with Gasteiger partial charge in [-0.05, 0) is 12.0 Å². The Morgan fingerprint density at radius 3 is 2.83 bits per heavy atom. The topological polar surface area (TPSA) is 38.0 Å². The molecule has 1 rings (SSSR count). The third-order valence-electron chi connectivity index (χ3n) is 2.08. The van der Waals surface area contributed by atoms with Crippen molar-refractivity contribution < 1.29 is 5.11 Å². The molecule has 0 aliphatic carbocycles. The molecule has 0 fully saturated rings. The van der Waals surface area contributed by atoms with E-state index in [-0.39, 0.29) is 12.5 Å². The van der Waals surface area contributed by atoms with Gasteiger partial charge in [0.2, 0.25) is 0 Å². The molecule has 0 aliphatic rings. The summed E-state index contributed by atoms with van der Waals surface area (Å²) in [6, 6.07) is 0. The van der Waals surface area contributed by atoms with E-state index in [1.165, 1.54) is 5.56 Å². The number of hydrogen-bond donors (Lipinski definition) is 1. The molecule has 0 aliphatic heterocycles. The van der Waals surface area contributed by atoms with E-state index in [0.717, 1.165) is 12.1 Å². The van der Waals surface area contributed by atoms with Gasteiger partial charge in [0, 0.05) is 25.8 Å². The van der Waals surface area contributed by atoms with Gasteiger partial charge in [-0.25, -0.2) is 0 Å². The molecule has 0 saturated carbocycles. The predicted molar refractivity (Wildman–Crippen MR) is 48.1 cm³/mol. The predicted octanol–water partition coefficient (Wildman–Crippen LogP) is 1.08. The van der Waals surface area contributed by atoms with Crippen molar-refractivity contribution in [1.29, 1.82) is 0 Å². The molecule has 0 radical (unpaired) electrons. The zero-order valence-corrected chi connectivity index (χ0v) is 7.91. The summed E-state index contributed by atoms with van der Waals surface area (Å²) in [4.78, 5) is 0. The third-order valence-corrected chi connectivity index (χ3v) is 2.08. The van der Waals surface area contributed by atoms with Crippen LogP contribution in [0.25, 0.3) is 0 Å². The van der Waals surface area contributed by atoms with E-state index in [1.54, 1.807) is 4.68 Å². The molecule has 1 atom stereocenters. The number of aliphatic hydroxyl groups is 1. The molecule has 3 nitrogen and oxygen atoms in total. The maximum absolute atomic E-state index is 8.98. The minimum absolute atomic E-state index is 0.193. The maximum atomic E-state index is 8.98. The van der Waals surface area contributed by atoms with E-state index >= 15 is 0 Å². The molecule has 0 aromatic carbocycles. The Kier molecular flexibility index (Phi) is 2.87. The van der Waals surface area contributed by atoms with Gasteiger partial charge in [0.05, 0.1) is 5.69 Å². The zero-order valence-electron chi connectivity index (χ0n) is 7.91. The minimum Gasteiger partial charge on any atom is -0.396 e. The van der Waals surface area contributed by atoms with Gasteiger partial charge in [0.25, 0.3) is 0 Å². The molecular formula is C9H16N2O. The van der Waals surface area contributed by atoms with E-state index < -0.39 is 0 Å². The van der Waals surface area contributed by atoms with Crippen molar-refractivity contribution in [1.82, 2.24) is 9.78 Å². The van der Waals surface area contributed by atoms with Crippen molar-refractivity contribution in [2.24, 2.45) is 7.05 Å². The van der Waals surface area contributed by atoms with Crippen LogP contribution in [0.2, 0.25) is 0 Å². The van der Waals surface area contributed by atoms with E-state index in [9.17, 15) is 0 Å². The highest BCUT2D eigenvalue weighted by Gasteiger charge is 2.11. The highest BCUT2D eigenvalue weighted by Crippen LogP contribution is 2.18. The van der Waals surface area contributed by atoms with Crippen LogP contribution in [0.4, 0.5) is 0 Å². The summed E-state index contributed by atoms with van der Waals surface area (Å²) in [6.45, 7) is 4.28. The average molecular weight is 168 g/mol. The zero-order chi connectivity index (χ0) is 9.14. The van der Waals surface area contributed by atoms with Crippen LogP contribution in [0.1, 0.15) is 31.0 Å². The van der Waals surface area contributed by atoms with Gasteiger partial charge >= 0.3 is 0 Å². The molecule has 0 amide bonds. The summed E-state index contributed by atoms with van der Waals surface area (Å²) in [5.74, 6) is 0.202. The van der Waals surface area contributed by atoms with Gasteiger partial charge in [0.15, 0.2) is 0 Å². The second-order valence-electron chi connectivity index (χ2n) is 3.14. The van der Waals surface area contributed by atoms with Crippen molar-refractivity contribution >= 4 is 0 Å². The number of aromatic nitrogens is 2. The van der Waals surface area contributed by atoms with Crippen LogP contribution >= 0.6 is 0 Å². The SMILES string of the molecule is CCc1nn(C)cc1C(C)CO. The van der Waals surface area contributed by atoms with Crippen molar-refractivity contribution in [3.8, 4) is 0 Å². The summed E-state index contributed by atoms with van der Waals surface area (Å²) >= 11 is 0. The molecular weight excluding hydrogens is 152 g/mol. The Morgan fingerprint density at radius 2 is 2.33 bits per heavy atom. The number of rotatable bonds is 3. The van der Waals surface area contributed by atoms with Crippen LogP contribution in [0.15, 0.2) is 6.20 Å². The van der Waals surface area contributed by atoms with Gasteiger partial charge in [-0.3, -0.25) is 4.68 Å². The summed E-state index contributed by atoms with van der Waals surface area (Å²) in [5.41, 5.74) is 2.27. The van der Waals surface area contributed by atoms with Crippen LogP contribution < -0.4 is 0 Å². The van der Waals surface area contributed by atoms with Gasteiger partial charge in [-0.1, -0.05) is 13.8 Å². The third kappa shape index (κ3) is 1.67. The first-order valence-electron chi connectivity index (χ1n) is 4.32. The fourth-order valence-electron chi connectivity index (χ4n) is 1.34. The monoisotopic (exact) mass is 168 g/mol. The molecule has 0 saturated heterocycles. The van der Waals surface area contributed by atoms with E-state index in [1.807, 2.05) is 20.2 Å². The van der Waals surface area contributed by atoms with Crippen LogP contribution in [0, 0.1) is 0 Å². The lowest BCUT2D eigenvalue weighted by atomic mass is 10.0. The number of nitrogens with zero attached hydrogens (tertiary/aromatic N) is 2. The Morgan fingerprint density at radius 1 is 1.67 bits per heavy atom. The Hall–Kier alpha value is -0.830. The summed E-state index contributed by atoms with van der Waals surface area (Å²) in [5, 5.41) is 13.3. The van der Waals surface area contributed by atoms with Crippen LogP contribution in [-0.2, 0) is 13.5 Å². The summed E-state index contributed by atoms with van der Waals surface area (Å²) in [7, 11) is 1.91. The standard InChI is InChI=1S/C9H16N2O/c1-4-9-8(7(2)6-12)5-11(3)10-9/h5,7,12H,4,6H2,1-3H3. The summed E-state index contributed by atoms with van der Waals surface area (Å²) < 4.78 is 1.81. The lowest BCUT2D eigenvalue weighted by Gasteiger charge is -2.05. The van der Waals surface area contributed by atoms with Crippen LogP contribution in [0.3, 0.4) is 0 Å². The average Bonchev–Trinajstić information content (AvgIpc) is 2.45. The minimum atomic E-state index is 0.193. The quantitative estimate of drug-likeness (QED) is 0.733. The molecule has 1 N–H and O–H groups in total. The van der Waals surface area contributed by atoms with Crippen LogP contribution in [0.5, 0.6) is 0 Å². The second-order valence-corrected chi connectivity index (χ2v) is 3.14. The van der Waals surface area contributed by atoms with Crippen LogP contribution in [-0.4, -0.2) is 21.5 Å². The summed E-state index contributed by atoms with van der Waals surface area (Å²) in [6.07, 6.45) is 2.92. The first-order valence-corrected chi connectivity index (χ1v) is 4.32. The van der Waals surface area contributed by atoms with Gasteiger partial charge in [-0.15, -0.1) is 0 Å². The molecule has 1 aromatic rings. The molecule has 68 valence electrons. The lowest BCUT2D eigenvalue weighted by Crippen LogP contribution is -2.00. The van der Waals surface area contributed by atoms with Gasteiger partial charge < -0.3 is 5.11 Å². The van der Waals surface area contributed by atoms with E-state index in [4.69, 9.17) is 5.11 Å². The number of aliphatic hydroxyl groups excluding tert-OH is 1.